The van der Waals surface area contributed by atoms with E-state index >= 15 is 0 Å². The Hall–Kier alpha value is -0.610. The Morgan fingerprint density at radius 1 is 1.21 bits per heavy atom. The molecule has 19 heavy (non-hydrogen) atoms. The smallest absolute Gasteiger partial charge is 0.237 e. The van der Waals surface area contributed by atoms with E-state index in [2.05, 4.69) is 29.6 Å². The molecule has 0 radical (unpaired) electrons. The third-order valence-corrected chi connectivity index (χ3v) is 4.55. The van der Waals surface area contributed by atoms with Crippen LogP contribution in [0.15, 0.2) is 0 Å². The molecule has 0 aromatic carbocycles. The Bertz CT molecular complexity index is 293. The van der Waals surface area contributed by atoms with Gasteiger partial charge in [0.2, 0.25) is 5.91 Å². The van der Waals surface area contributed by atoms with Gasteiger partial charge in [-0.05, 0) is 58.7 Å². The first-order valence-corrected chi connectivity index (χ1v) is 7.85. The molecule has 1 saturated carbocycles. The van der Waals surface area contributed by atoms with E-state index in [4.69, 9.17) is 0 Å². The summed E-state index contributed by atoms with van der Waals surface area (Å²) in [5, 5.41) is 6.66. The Morgan fingerprint density at radius 3 is 2.79 bits per heavy atom. The fourth-order valence-electron chi connectivity index (χ4n) is 3.43. The van der Waals surface area contributed by atoms with Crippen LogP contribution < -0.4 is 10.6 Å². The number of amides is 1. The Kier molecular flexibility index (Phi) is 5.64. The van der Waals surface area contributed by atoms with E-state index < -0.39 is 0 Å². The molecular weight excluding hydrogens is 238 g/mol. The van der Waals surface area contributed by atoms with Gasteiger partial charge in [0.15, 0.2) is 0 Å². The second-order valence-electron chi connectivity index (χ2n) is 6.40. The summed E-state index contributed by atoms with van der Waals surface area (Å²) in [6, 6.07) is 0.652. The minimum atomic E-state index is 0.0544. The maximum absolute atomic E-state index is 12.1. The highest BCUT2D eigenvalue weighted by atomic mass is 16.2. The number of nitrogens with zero attached hydrogens (tertiary/aromatic N) is 1. The lowest BCUT2D eigenvalue weighted by molar-refractivity contribution is -0.124. The van der Waals surface area contributed by atoms with Crippen molar-refractivity contribution in [1.29, 1.82) is 0 Å². The number of rotatable bonds is 5. The van der Waals surface area contributed by atoms with Gasteiger partial charge in [-0.1, -0.05) is 12.8 Å². The van der Waals surface area contributed by atoms with E-state index in [1.807, 2.05) is 0 Å². The molecule has 1 aliphatic heterocycles. The quantitative estimate of drug-likeness (QED) is 0.739. The summed E-state index contributed by atoms with van der Waals surface area (Å²) >= 11 is 0. The predicted molar refractivity (Wildman–Crippen MR) is 78.1 cm³/mol. The van der Waals surface area contributed by atoms with E-state index in [1.165, 1.54) is 32.1 Å². The number of carbonyl (C=O) groups is 1. The molecule has 3 unspecified atom stereocenters. The van der Waals surface area contributed by atoms with Crippen LogP contribution in [0, 0.1) is 5.92 Å². The van der Waals surface area contributed by atoms with Crippen LogP contribution in [0.4, 0.5) is 0 Å². The number of carbonyl (C=O) groups excluding carboxylic acids is 1. The summed E-state index contributed by atoms with van der Waals surface area (Å²) in [6.45, 7) is 1.83. The lowest BCUT2D eigenvalue weighted by Gasteiger charge is -2.39. The second kappa shape index (κ2) is 7.25. The number of hydrogen-bond donors (Lipinski definition) is 2. The van der Waals surface area contributed by atoms with E-state index in [0.29, 0.717) is 6.04 Å². The SMILES string of the molecule is CN(C)CCCNC(=O)C1CCC2CCCCC2N1. The van der Waals surface area contributed by atoms with E-state index in [0.717, 1.165) is 31.8 Å². The molecule has 2 N–H and O–H groups in total. The Balaban J connectivity index is 1.68. The van der Waals surface area contributed by atoms with E-state index in [-0.39, 0.29) is 11.9 Å². The van der Waals surface area contributed by atoms with Crippen LogP contribution in [0.3, 0.4) is 0 Å². The first-order chi connectivity index (χ1) is 9.16. The first kappa shape index (κ1) is 14.8. The third kappa shape index (κ3) is 4.46. The van der Waals surface area contributed by atoms with Crippen molar-refractivity contribution < 1.29 is 4.79 Å². The molecular formula is C15H29N3O. The number of nitrogens with one attached hydrogen (secondary N) is 2. The van der Waals surface area contributed by atoms with Gasteiger partial charge >= 0.3 is 0 Å². The van der Waals surface area contributed by atoms with Gasteiger partial charge in [0.25, 0.3) is 0 Å². The van der Waals surface area contributed by atoms with Gasteiger partial charge in [-0.15, -0.1) is 0 Å². The molecule has 0 aromatic heterocycles. The van der Waals surface area contributed by atoms with Crippen molar-refractivity contribution in [3.63, 3.8) is 0 Å². The van der Waals surface area contributed by atoms with Gasteiger partial charge in [0.1, 0.15) is 0 Å². The first-order valence-electron chi connectivity index (χ1n) is 7.85. The topological polar surface area (TPSA) is 44.4 Å². The van der Waals surface area contributed by atoms with Crippen molar-refractivity contribution in [1.82, 2.24) is 15.5 Å². The van der Waals surface area contributed by atoms with Gasteiger partial charge in [-0.25, -0.2) is 0 Å². The van der Waals surface area contributed by atoms with Gasteiger partial charge in [-0.3, -0.25) is 4.79 Å². The van der Waals surface area contributed by atoms with Crippen LogP contribution in [0.25, 0.3) is 0 Å². The summed E-state index contributed by atoms with van der Waals surface area (Å²) in [5.74, 6) is 1.04. The Labute approximate surface area is 117 Å². The summed E-state index contributed by atoms with van der Waals surface area (Å²) in [7, 11) is 4.13. The largest absolute Gasteiger partial charge is 0.355 e. The highest BCUT2D eigenvalue weighted by Gasteiger charge is 2.34. The summed E-state index contributed by atoms with van der Waals surface area (Å²) in [4.78, 5) is 14.3. The lowest BCUT2D eigenvalue weighted by atomic mass is 9.77. The summed E-state index contributed by atoms with van der Waals surface area (Å²) < 4.78 is 0. The van der Waals surface area contributed by atoms with Gasteiger partial charge in [-0.2, -0.15) is 0 Å². The molecule has 0 spiro atoms. The van der Waals surface area contributed by atoms with Crippen LogP contribution in [-0.4, -0.2) is 50.1 Å². The molecule has 0 aromatic rings. The average molecular weight is 267 g/mol. The molecule has 4 heteroatoms. The maximum Gasteiger partial charge on any atom is 0.237 e. The van der Waals surface area contributed by atoms with Crippen LogP contribution in [0.1, 0.15) is 44.9 Å². The van der Waals surface area contributed by atoms with Crippen LogP contribution in [-0.2, 0) is 4.79 Å². The third-order valence-electron chi connectivity index (χ3n) is 4.55. The number of piperidine rings is 1. The van der Waals surface area contributed by atoms with Gasteiger partial charge in [0, 0.05) is 12.6 Å². The van der Waals surface area contributed by atoms with Crippen molar-refractivity contribution in [2.75, 3.05) is 27.2 Å². The van der Waals surface area contributed by atoms with Crippen molar-refractivity contribution in [3.05, 3.63) is 0 Å². The fourth-order valence-corrected chi connectivity index (χ4v) is 3.43. The zero-order chi connectivity index (χ0) is 13.7. The van der Waals surface area contributed by atoms with Crippen LogP contribution in [0.2, 0.25) is 0 Å². The average Bonchev–Trinajstić information content (AvgIpc) is 2.42. The molecule has 1 amide bonds. The normalized spacial score (nSPS) is 31.0. The molecule has 2 rings (SSSR count). The van der Waals surface area contributed by atoms with Crippen molar-refractivity contribution >= 4 is 5.91 Å². The minimum Gasteiger partial charge on any atom is -0.355 e. The Morgan fingerprint density at radius 2 is 2.00 bits per heavy atom. The molecule has 110 valence electrons. The highest BCUT2D eigenvalue weighted by molar-refractivity contribution is 5.81. The lowest BCUT2D eigenvalue weighted by Crippen LogP contribution is -2.55. The maximum atomic E-state index is 12.1. The number of fused-ring (bicyclic) bond motifs is 1. The standard InChI is InChI=1S/C15H29N3O/c1-18(2)11-5-10-16-15(19)14-9-8-12-6-3-4-7-13(12)17-14/h12-14,17H,3-11H2,1-2H3,(H,16,19). The highest BCUT2D eigenvalue weighted by Crippen LogP contribution is 2.32. The zero-order valence-corrected chi connectivity index (χ0v) is 12.5. The van der Waals surface area contributed by atoms with Gasteiger partial charge in [0.05, 0.1) is 6.04 Å². The summed E-state index contributed by atoms with van der Waals surface area (Å²) in [5.41, 5.74) is 0. The molecule has 2 fully saturated rings. The van der Waals surface area contributed by atoms with Crippen molar-refractivity contribution in [2.24, 2.45) is 5.92 Å². The molecule has 1 aliphatic carbocycles. The monoisotopic (exact) mass is 267 g/mol. The number of hydrogen-bond acceptors (Lipinski definition) is 3. The van der Waals surface area contributed by atoms with Crippen molar-refractivity contribution in [2.45, 2.75) is 57.0 Å². The van der Waals surface area contributed by atoms with E-state index in [1.54, 1.807) is 0 Å². The van der Waals surface area contributed by atoms with Crippen molar-refractivity contribution in [3.8, 4) is 0 Å². The van der Waals surface area contributed by atoms with E-state index in [9.17, 15) is 4.79 Å². The van der Waals surface area contributed by atoms with Crippen LogP contribution >= 0.6 is 0 Å². The second-order valence-corrected chi connectivity index (χ2v) is 6.40. The zero-order valence-electron chi connectivity index (χ0n) is 12.5. The minimum absolute atomic E-state index is 0.0544. The molecule has 1 saturated heterocycles. The summed E-state index contributed by atoms with van der Waals surface area (Å²) in [6.07, 6.45) is 8.59. The van der Waals surface area contributed by atoms with Crippen LogP contribution in [0.5, 0.6) is 0 Å². The van der Waals surface area contributed by atoms with Gasteiger partial charge < -0.3 is 15.5 Å². The fraction of sp³-hybridized carbons (Fsp3) is 0.933. The molecule has 0 bridgehead atoms. The molecule has 2 aliphatic rings. The molecule has 4 nitrogen and oxygen atoms in total. The molecule has 1 heterocycles. The predicted octanol–water partition coefficient (Wildman–Crippen LogP) is 1.37. The molecule has 3 atom stereocenters.